The number of para-hydroxylation sites is 1. The zero-order chi connectivity index (χ0) is 19.8. The third-order valence-corrected chi connectivity index (χ3v) is 6.15. The van der Waals surface area contributed by atoms with E-state index in [2.05, 4.69) is 5.10 Å². The van der Waals surface area contributed by atoms with Crippen molar-refractivity contribution in [3.63, 3.8) is 0 Å². The molecule has 1 aliphatic carbocycles. The molecule has 0 radical (unpaired) electrons. The molecule has 0 atom stereocenters. The number of ether oxygens (including phenoxy) is 2. The molecule has 0 N–H and O–H groups in total. The highest BCUT2D eigenvalue weighted by atomic mass is 16.6. The number of hydrogen-bond donors (Lipinski definition) is 0. The lowest BCUT2D eigenvalue weighted by Gasteiger charge is -2.33. The van der Waals surface area contributed by atoms with E-state index in [1.807, 2.05) is 17.0 Å². The minimum atomic E-state index is -0.0152. The number of piperidine rings is 1. The standard InChI is InChI=1S/C22H25N3O4/c26-20-13-16-3-1-5-18(16)23-25(20)14-15-7-9-24(10-8-15)22(27)17-4-2-6-19-21(17)29-12-11-28-19/h2,4,6,13,15H,1,3,5,7-12,14H2. The summed E-state index contributed by atoms with van der Waals surface area (Å²) >= 11 is 0. The predicted octanol–water partition coefficient (Wildman–Crippen LogP) is 2.06. The van der Waals surface area contributed by atoms with Crippen molar-refractivity contribution in [1.29, 1.82) is 0 Å². The number of fused-ring (bicyclic) bond motifs is 2. The number of carbonyl (C=O) groups is 1. The second-order valence-electron chi connectivity index (χ2n) is 8.06. The number of carbonyl (C=O) groups excluding carboxylic acids is 1. The number of rotatable bonds is 3. The number of amides is 1. The van der Waals surface area contributed by atoms with Crippen molar-refractivity contribution < 1.29 is 14.3 Å². The monoisotopic (exact) mass is 395 g/mol. The van der Waals surface area contributed by atoms with Crippen molar-refractivity contribution in [1.82, 2.24) is 14.7 Å². The average Bonchev–Trinajstić information content (AvgIpc) is 3.20. The van der Waals surface area contributed by atoms with Gasteiger partial charge in [0.05, 0.1) is 11.3 Å². The van der Waals surface area contributed by atoms with E-state index in [0.29, 0.717) is 55.8 Å². The van der Waals surface area contributed by atoms with Crippen LogP contribution in [0.1, 0.15) is 40.9 Å². The van der Waals surface area contributed by atoms with Crippen LogP contribution in [0.3, 0.4) is 0 Å². The van der Waals surface area contributed by atoms with Gasteiger partial charge in [0.1, 0.15) is 13.2 Å². The second kappa shape index (κ2) is 7.54. The summed E-state index contributed by atoms with van der Waals surface area (Å²) in [6, 6.07) is 7.23. The number of benzene rings is 1. The van der Waals surface area contributed by atoms with Gasteiger partial charge in [0, 0.05) is 25.7 Å². The van der Waals surface area contributed by atoms with Crippen molar-refractivity contribution in [2.24, 2.45) is 5.92 Å². The van der Waals surface area contributed by atoms with Gasteiger partial charge >= 0.3 is 0 Å². The van der Waals surface area contributed by atoms with Crippen LogP contribution in [0, 0.1) is 5.92 Å². The molecule has 2 aliphatic heterocycles. The molecule has 2 aromatic rings. The van der Waals surface area contributed by atoms with E-state index in [-0.39, 0.29) is 11.5 Å². The fraction of sp³-hybridized carbons (Fsp3) is 0.500. The maximum atomic E-state index is 13.0. The summed E-state index contributed by atoms with van der Waals surface area (Å²) in [6.45, 7) is 2.95. The first-order valence-electron chi connectivity index (χ1n) is 10.5. The molecular formula is C22H25N3O4. The Morgan fingerprint density at radius 3 is 2.83 bits per heavy atom. The first-order chi connectivity index (χ1) is 14.2. The molecule has 0 spiro atoms. The Balaban J connectivity index is 1.24. The molecule has 7 heteroatoms. The van der Waals surface area contributed by atoms with Gasteiger partial charge in [0.2, 0.25) is 0 Å². The largest absolute Gasteiger partial charge is 0.486 e. The minimum absolute atomic E-state index is 0.00258. The van der Waals surface area contributed by atoms with Crippen LogP contribution in [0.4, 0.5) is 0 Å². The molecule has 1 aromatic heterocycles. The highest BCUT2D eigenvalue weighted by Crippen LogP contribution is 2.35. The predicted molar refractivity (Wildman–Crippen MR) is 107 cm³/mol. The molecule has 7 nitrogen and oxygen atoms in total. The summed E-state index contributed by atoms with van der Waals surface area (Å²) < 4.78 is 12.9. The quantitative estimate of drug-likeness (QED) is 0.795. The van der Waals surface area contributed by atoms with Gasteiger partial charge in [-0.15, -0.1) is 0 Å². The highest BCUT2D eigenvalue weighted by Gasteiger charge is 2.28. The molecule has 5 rings (SSSR count). The zero-order valence-corrected chi connectivity index (χ0v) is 16.4. The zero-order valence-electron chi connectivity index (χ0n) is 16.4. The maximum absolute atomic E-state index is 13.0. The van der Waals surface area contributed by atoms with E-state index in [9.17, 15) is 9.59 Å². The van der Waals surface area contributed by atoms with Gasteiger partial charge in [-0.1, -0.05) is 6.07 Å². The lowest BCUT2D eigenvalue weighted by molar-refractivity contribution is 0.0670. The molecule has 1 saturated heterocycles. The van der Waals surface area contributed by atoms with Gasteiger partial charge < -0.3 is 14.4 Å². The Morgan fingerprint density at radius 2 is 1.97 bits per heavy atom. The van der Waals surface area contributed by atoms with E-state index < -0.39 is 0 Å². The molecule has 3 aliphatic rings. The van der Waals surface area contributed by atoms with Crippen LogP contribution >= 0.6 is 0 Å². The van der Waals surface area contributed by atoms with Crippen LogP contribution in [0.15, 0.2) is 29.1 Å². The average molecular weight is 395 g/mol. The Kier molecular flexibility index (Phi) is 4.73. The minimum Gasteiger partial charge on any atom is -0.486 e. The van der Waals surface area contributed by atoms with Gasteiger partial charge in [-0.2, -0.15) is 5.10 Å². The Labute approximate surface area is 169 Å². The van der Waals surface area contributed by atoms with Crippen LogP contribution in [0.25, 0.3) is 0 Å². The fourth-order valence-electron chi connectivity index (χ4n) is 4.55. The SMILES string of the molecule is O=C(c1cccc2c1OCCO2)N1CCC(Cn2nc3c(cc2=O)CCC3)CC1. The third-order valence-electron chi connectivity index (χ3n) is 6.15. The summed E-state index contributed by atoms with van der Waals surface area (Å²) in [6.07, 6.45) is 4.75. The number of hydrogen-bond acceptors (Lipinski definition) is 5. The first-order valence-corrected chi connectivity index (χ1v) is 10.5. The summed E-state index contributed by atoms with van der Waals surface area (Å²) in [4.78, 5) is 27.3. The van der Waals surface area contributed by atoms with Gasteiger partial charge in [-0.25, -0.2) is 4.68 Å². The Hall–Kier alpha value is -2.83. The number of nitrogens with zero attached hydrogens (tertiary/aromatic N) is 3. The van der Waals surface area contributed by atoms with Gasteiger partial charge in [-0.05, 0) is 55.7 Å². The van der Waals surface area contributed by atoms with E-state index >= 15 is 0 Å². The molecule has 0 bridgehead atoms. The molecular weight excluding hydrogens is 370 g/mol. The van der Waals surface area contributed by atoms with Gasteiger partial charge in [0.25, 0.3) is 11.5 Å². The lowest BCUT2D eigenvalue weighted by Crippen LogP contribution is -2.40. The Morgan fingerprint density at radius 1 is 1.14 bits per heavy atom. The molecule has 3 heterocycles. The van der Waals surface area contributed by atoms with Crippen LogP contribution < -0.4 is 15.0 Å². The number of likely N-dealkylation sites (tertiary alicyclic amines) is 1. The van der Waals surface area contributed by atoms with Crippen LogP contribution in [-0.4, -0.2) is 46.9 Å². The van der Waals surface area contributed by atoms with Crippen molar-refractivity contribution in [3.05, 3.63) is 51.4 Å². The maximum Gasteiger partial charge on any atom is 0.267 e. The molecule has 29 heavy (non-hydrogen) atoms. The summed E-state index contributed by atoms with van der Waals surface area (Å²) in [5, 5.41) is 4.59. The van der Waals surface area contributed by atoms with Crippen LogP contribution in [0.2, 0.25) is 0 Å². The molecule has 1 amide bonds. The van der Waals surface area contributed by atoms with E-state index in [0.717, 1.165) is 43.4 Å². The van der Waals surface area contributed by atoms with Crippen molar-refractivity contribution in [3.8, 4) is 11.5 Å². The van der Waals surface area contributed by atoms with Crippen molar-refractivity contribution in [2.75, 3.05) is 26.3 Å². The molecule has 1 aromatic carbocycles. The summed E-state index contributed by atoms with van der Waals surface area (Å²) in [7, 11) is 0. The van der Waals surface area contributed by atoms with Gasteiger partial charge in [-0.3, -0.25) is 9.59 Å². The van der Waals surface area contributed by atoms with Crippen molar-refractivity contribution in [2.45, 2.75) is 38.6 Å². The normalized spacial score (nSPS) is 18.6. The lowest BCUT2D eigenvalue weighted by atomic mass is 9.96. The summed E-state index contributed by atoms with van der Waals surface area (Å²) in [5.74, 6) is 1.53. The van der Waals surface area contributed by atoms with Crippen molar-refractivity contribution >= 4 is 5.91 Å². The third kappa shape index (κ3) is 3.50. The number of aromatic nitrogens is 2. The Bertz CT molecular complexity index is 992. The van der Waals surface area contributed by atoms with Crippen LogP contribution in [0.5, 0.6) is 11.5 Å². The molecule has 0 saturated carbocycles. The smallest absolute Gasteiger partial charge is 0.267 e. The summed E-state index contributed by atoms with van der Waals surface area (Å²) in [5.41, 5.74) is 2.76. The fourth-order valence-corrected chi connectivity index (χ4v) is 4.55. The molecule has 1 fully saturated rings. The molecule has 0 unspecified atom stereocenters. The van der Waals surface area contributed by atoms with E-state index in [4.69, 9.17) is 9.47 Å². The van der Waals surface area contributed by atoms with Gasteiger partial charge in [0.15, 0.2) is 11.5 Å². The first kappa shape index (κ1) is 18.2. The molecule has 152 valence electrons. The van der Waals surface area contributed by atoms with E-state index in [1.54, 1.807) is 16.8 Å². The topological polar surface area (TPSA) is 73.7 Å². The second-order valence-corrected chi connectivity index (χ2v) is 8.06. The van der Waals surface area contributed by atoms with E-state index in [1.165, 1.54) is 0 Å². The number of aryl methyl sites for hydroxylation is 2. The highest BCUT2D eigenvalue weighted by molar-refractivity contribution is 5.98. The van der Waals surface area contributed by atoms with Crippen LogP contribution in [-0.2, 0) is 19.4 Å².